The fraction of sp³-hybridized carbons (Fsp3) is 0.611. The van der Waals surface area contributed by atoms with Gasteiger partial charge in [-0.05, 0) is 35.9 Å². The second-order valence-electron chi connectivity index (χ2n) is 7.14. The average Bonchev–Trinajstić information content (AvgIpc) is 2.52. The number of benzene rings is 1. The molecule has 4 heteroatoms. The smallest absolute Gasteiger partial charge is 0.237 e. The zero-order valence-electron chi connectivity index (χ0n) is 13.9. The van der Waals surface area contributed by atoms with E-state index in [0.29, 0.717) is 0 Å². The topological polar surface area (TPSA) is 61.4 Å². The number of carbonyl (C=O) groups excluding carboxylic acids is 1. The third-order valence-electron chi connectivity index (χ3n) is 4.26. The van der Waals surface area contributed by atoms with E-state index < -0.39 is 6.10 Å². The highest BCUT2D eigenvalue weighted by Crippen LogP contribution is 2.23. The van der Waals surface area contributed by atoms with Crippen LogP contribution in [0, 0.1) is 0 Å². The summed E-state index contributed by atoms with van der Waals surface area (Å²) in [6.07, 6.45) is 2.43. The lowest BCUT2D eigenvalue weighted by atomic mass is 9.86. The van der Waals surface area contributed by atoms with Crippen LogP contribution >= 0.6 is 0 Å². The Morgan fingerprint density at radius 1 is 1.32 bits per heavy atom. The number of amides is 1. The molecule has 0 aliphatic carbocycles. The molecule has 1 aliphatic rings. The van der Waals surface area contributed by atoms with E-state index >= 15 is 0 Å². The number of carbonyl (C=O) groups is 1. The lowest BCUT2D eigenvalue weighted by Gasteiger charge is -2.23. The van der Waals surface area contributed by atoms with Gasteiger partial charge in [0.05, 0.1) is 12.1 Å². The zero-order valence-corrected chi connectivity index (χ0v) is 13.9. The molecule has 1 amide bonds. The fourth-order valence-corrected chi connectivity index (χ4v) is 2.72. The van der Waals surface area contributed by atoms with Crippen molar-refractivity contribution in [1.29, 1.82) is 0 Å². The van der Waals surface area contributed by atoms with Crippen molar-refractivity contribution in [2.24, 2.45) is 0 Å². The van der Waals surface area contributed by atoms with Crippen LogP contribution < -0.4 is 10.6 Å². The largest absolute Gasteiger partial charge is 0.387 e. The van der Waals surface area contributed by atoms with Crippen LogP contribution in [-0.2, 0) is 10.2 Å². The summed E-state index contributed by atoms with van der Waals surface area (Å²) < 4.78 is 0. The molecule has 0 radical (unpaired) electrons. The first-order valence-corrected chi connectivity index (χ1v) is 8.17. The van der Waals surface area contributed by atoms with Crippen LogP contribution in [0.5, 0.6) is 0 Å². The van der Waals surface area contributed by atoms with Crippen LogP contribution in [0.25, 0.3) is 0 Å². The maximum absolute atomic E-state index is 12.0. The van der Waals surface area contributed by atoms with Crippen LogP contribution in [0.15, 0.2) is 24.3 Å². The Balaban J connectivity index is 1.86. The molecule has 3 N–H and O–H groups in total. The van der Waals surface area contributed by atoms with Crippen molar-refractivity contribution >= 4 is 5.91 Å². The van der Waals surface area contributed by atoms with Crippen LogP contribution in [0.1, 0.15) is 57.3 Å². The molecular formula is C18H28N2O2. The Bertz CT molecular complexity index is 485. The average molecular weight is 304 g/mol. The molecule has 4 nitrogen and oxygen atoms in total. The van der Waals surface area contributed by atoms with Gasteiger partial charge in [-0.15, -0.1) is 0 Å². The molecule has 0 saturated carbocycles. The maximum atomic E-state index is 12.0. The van der Waals surface area contributed by atoms with E-state index in [-0.39, 0.29) is 23.9 Å². The van der Waals surface area contributed by atoms with E-state index in [1.807, 2.05) is 24.3 Å². The molecule has 1 heterocycles. The van der Waals surface area contributed by atoms with Crippen molar-refractivity contribution in [3.63, 3.8) is 0 Å². The van der Waals surface area contributed by atoms with E-state index in [1.54, 1.807) is 0 Å². The minimum Gasteiger partial charge on any atom is -0.387 e. The SMILES string of the molecule is CC(C)(C)c1ccc(C(O)CNC(=O)[C@H]2CCCCN2)cc1. The van der Waals surface area contributed by atoms with Crippen molar-refractivity contribution in [3.8, 4) is 0 Å². The zero-order chi connectivity index (χ0) is 16.2. The van der Waals surface area contributed by atoms with Gasteiger partial charge in [-0.3, -0.25) is 4.79 Å². The summed E-state index contributed by atoms with van der Waals surface area (Å²) in [5.41, 5.74) is 2.17. The first kappa shape index (κ1) is 17.0. The third-order valence-corrected chi connectivity index (χ3v) is 4.26. The quantitative estimate of drug-likeness (QED) is 0.800. The number of aliphatic hydroxyl groups is 1. The summed E-state index contributed by atoms with van der Waals surface area (Å²) >= 11 is 0. The van der Waals surface area contributed by atoms with Crippen molar-refractivity contribution in [3.05, 3.63) is 35.4 Å². The number of rotatable bonds is 4. The van der Waals surface area contributed by atoms with Gasteiger partial charge >= 0.3 is 0 Å². The maximum Gasteiger partial charge on any atom is 0.237 e. The van der Waals surface area contributed by atoms with E-state index in [4.69, 9.17) is 0 Å². The first-order chi connectivity index (χ1) is 10.4. The van der Waals surface area contributed by atoms with E-state index in [0.717, 1.165) is 31.4 Å². The van der Waals surface area contributed by atoms with Crippen LogP contribution in [0.3, 0.4) is 0 Å². The minimum atomic E-state index is -0.665. The molecule has 0 aromatic heterocycles. The molecule has 22 heavy (non-hydrogen) atoms. The van der Waals surface area contributed by atoms with Gasteiger partial charge in [-0.2, -0.15) is 0 Å². The summed E-state index contributed by atoms with van der Waals surface area (Å²) in [6.45, 7) is 7.64. The highest BCUT2D eigenvalue weighted by molar-refractivity contribution is 5.81. The number of piperidine rings is 1. The summed E-state index contributed by atoms with van der Waals surface area (Å²) in [5.74, 6) is -0.00920. The number of hydrogen-bond acceptors (Lipinski definition) is 3. The second kappa shape index (κ2) is 7.25. The highest BCUT2D eigenvalue weighted by atomic mass is 16.3. The first-order valence-electron chi connectivity index (χ1n) is 8.17. The normalized spacial score (nSPS) is 20.5. The Morgan fingerprint density at radius 2 is 2.00 bits per heavy atom. The lowest BCUT2D eigenvalue weighted by Crippen LogP contribution is -2.47. The molecule has 0 bridgehead atoms. The predicted molar refractivity (Wildman–Crippen MR) is 88.8 cm³/mol. The van der Waals surface area contributed by atoms with E-state index in [1.165, 1.54) is 5.56 Å². The van der Waals surface area contributed by atoms with Gasteiger partial charge in [0.25, 0.3) is 0 Å². The van der Waals surface area contributed by atoms with Crippen molar-refractivity contribution < 1.29 is 9.90 Å². The van der Waals surface area contributed by atoms with Crippen molar-refractivity contribution in [2.75, 3.05) is 13.1 Å². The van der Waals surface area contributed by atoms with Crippen molar-refractivity contribution in [2.45, 2.75) is 57.6 Å². The molecule has 1 aliphatic heterocycles. The molecule has 122 valence electrons. The van der Waals surface area contributed by atoms with Gasteiger partial charge in [0.2, 0.25) is 5.91 Å². The molecule has 2 rings (SSSR count). The Kier molecular flexibility index (Phi) is 5.59. The van der Waals surface area contributed by atoms with Gasteiger partial charge in [0, 0.05) is 6.54 Å². The lowest BCUT2D eigenvalue weighted by molar-refractivity contribution is -0.124. The molecule has 1 fully saturated rings. The predicted octanol–water partition coefficient (Wildman–Crippen LogP) is 2.28. The summed E-state index contributed by atoms with van der Waals surface area (Å²) in [6, 6.07) is 7.86. The number of hydrogen-bond donors (Lipinski definition) is 3. The fourth-order valence-electron chi connectivity index (χ4n) is 2.72. The summed E-state index contributed by atoms with van der Waals surface area (Å²) in [5, 5.41) is 16.3. The van der Waals surface area contributed by atoms with Gasteiger partial charge in [0.1, 0.15) is 0 Å². The Labute approximate surface area is 133 Å². The molecule has 1 aromatic rings. The number of nitrogens with one attached hydrogen (secondary N) is 2. The molecule has 0 spiro atoms. The summed E-state index contributed by atoms with van der Waals surface area (Å²) in [7, 11) is 0. The third kappa shape index (κ3) is 4.55. The second-order valence-corrected chi connectivity index (χ2v) is 7.14. The minimum absolute atomic E-state index is 0.00920. The highest BCUT2D eigenvalue weighted by Gasteiger charge is 2.21. The summed E-state index contributed by atoms with van der Waals surface area (Å²) in [4.78, 5) is 12.0. The Hall–Kier alpha value is -1.39. The molecule has 1 saturated heterocycles. The van der Waals surface area contributed by atoms with Crippen LogP contribution in [0.4, 0.5) is 0 Å². The van der Waals surface area contributed by atoms with E-state index in [9.17, 15) is 9.90 Å². The number of aliphatic hydroxyl groups excluding tert-OH is 1. The Morgan fingerprint density at radius 3 is 2.55 bits per heavy atom. The van der Waals surface area contributed by atoms with Gasteiger partial charge in [-0.1, -0.05) is 51.5 Å². The van der Waals surface area contributed by atoms with Gasteiger partial charge in [0.15, 0.2) is 0 Å². The molecule has 1 aromatic carbocycles. The van der Waals surface area contributed by atoms with Crippen LogP contribution in [-0.4, -0.2) is 30.1 Å². The molecular weight excluding hydrogens is 276 g/mol. The van der Waals surface area contributed by atoms with E-state index in [2.05, 4.69) is 31.4 Å². The standard InChI is InChI=1S/C18H28N2O2/c1-18(2,3)14-9-7-13(8-10-14)16(21)12-20-17(22)15-6-4-5-11-19-15/h7-10,15-16,19,21H,4-6,11-12H2,1-3H3,(H,20,22)/t15-,16?/m1/s1. The molecule has 1 unspecified atom stereocenters. The molecule has 2 atom stereocenters. The van der Waals surface area contributed by atoms with Crippen LogP contribution in [0.2, 0.25) is 0 Å². The van der Waals surface area contributed by atoms with Gasteiger partial charge < -0.3 is 15.7 Å². The van der Waals surface area contributed by atoms with Gasteiger partial charge in [-0.25, -0.2) is 0 Å². The van der Waals surface area contributed by atoms with Crippen molar-refractivity contribution in [1.82, 2.24) is 10.6 Å². The monoisotopic (exact) mass is 304 g/mol.